The van der Waals surface area contributed by atoms with Gasteiger partial charge in [0, 0.05) is 13.0 Å². The first-order chi connectivity index (χ1) is 11.6. The van der Waals surface area contributed by atoms with Crippen molar-refractivity contribution in [1.29, 1.82) is 0 Å². The smallest absolute Gasteiger partial charge is 0.237 e. The van der Waals surface area contributed by atoms with Gasteiger partial charge in [0.1, 0.15) is 11.6 Å². The number of nitrogens with zero attached hydrogens (tertiary/aromatic N) is 3. The minimum absolute atomic E-state index is 0.0804. The molecule has 0 bridgehead atoms. The lowest BCUT2D eigenvalue weighted by atomic mass is 10.3. The van der Waals surface area contributed by atoms with Crippen LogP contribution >= 0.6 is 11.8 Å². The highest BCUT2D eigenvalue weighted by molar-refractivity contribution is 8.00. The zero-order valence-corrected chi connectivity index (χ0v) is 15.0. The van der Waals surface area contributed by atoms with Crippen LogP contribution in [0.3, 0.4) is 0 Å². The van der Waals surface area contributed by atoms with E-state index >= 15 is 0 Å². The number of carbonyl (C=O) groups excluding carboxylic acids is 1. The predicted molar refractivity (Wildman–Crippen MR) is 94.5 cm³/mol. The molecule has 1 amide bonds. The van der Waals surface area contributed by atoms with Crippen LogP contribution in [0.2, 0.25) is 0 Å². The maximum atomic E-state index is 12.5. The van der Waals surface area contributed by atoms with E-state index < -0.39 is 0 Å². The minimum Gasteiger partial charge on any atom is -0.492 e. The highest BCUT2D eigenvalue weighted by Gasteiger charge is 2.30. The molecule has 1 atom stereocenters. The van der Waals surface area contributed by atoms with Crippen molar-refractivity contribution in [3.8, 4) is 5.75 Å². The average molecular weight is 346 g/mol. The predicted octanol–water partition coefficient (Wildman–Crippen LogP) is 3.21. The fourth-order valence-electron chi connectivity index (χ4n) is 2.42. The summed E-state index contributed by atoms with van der Waals surface area (Å²) in [5, 5.41) is 11.9. The number of anilines is 1. The zero-order chi connectivity index (χ0) is 17.1. The summed E-state index contributed by atoms with van der Waals surface area (Å²) in [7, 11) is 1.96. The lowest BCUT2D eigenvalue weighted by Crippen LogP contribution is -2.23. The molecule has 1 saturated carbocycles. The van der Waals surface area contributed by atoms with E-state index in [1.54, 1.807) is 0 Å². The molecule has 0 unspecified atom stereocenters. The number of amides is 1. The van der Waals surface area contributed by atoms with E-state index in [0.717, 1.165) is 11.0 Å². The standard InChI is InChI=1S/C17H22N4O2S/c1-4-23-14-8-6-5-7-13(14)18-16(22)11(2)24-17-20-19-15(21(17)3)12-9-10-12/h5-8,11-12H,4,9-10H2,1-3H3,(H,18,22)/t11-/m1/s1. The molecule has 1 N–H and O–H groups in total. The van der Waals surface area contributed by atoms with Gasteiger partial charge in [-0.1, -0.05) is 23.9 Å². The van der Waals surface area contributed by atoms with Crippen LogP contribution in [0.25, 0.3) is 0 Å². The molecule has 24 heavy (non-hydrogen) atoms. The molecule has 0 radical (unpaired) electrons. The second kappa shape index (κ2) is 7.25. The molecule has 6 nitrogen and oxygen atoms in total. The Morgan fingerprint density at radius 3 is 2.88 bits per heavy atom. The molecule has 0 saturated heterocycles. The van der Waals surface area contributed by atoms with Gasteiger partial charge in [0.15, 0.2) is 5.16 Å². The van der Waals surface area contributed by atoms with Crippen LogP contribution in [-0.2, 0) is 11.8 Å². The number of aromatic nitrogens is 3. The molecule has 2 aromatic rings. The van der Waals surface area contributed by atoms with E-state index in [4.69, 9.17) is 4.74 Å². The monoisotopic (exact) mass is 346 g/mol. The third-order valence-electron chi connectivity index (χ3n) is 3.91. The Hall–Kier alpha value is -2.02. The Morgan fingerprint density at radius 2 is 2.17 bits per heavy atom. The topological polar surface area (TPSA) is 69.0 Å². The molecule has 0 aliphatic heterocycles. The highest BCUT2D eigenvalue weighted by atomic mass is 32.2. The van der Waals surface area contributed by atoms with E-state index in [0.29, 0.717) is 24.0 Å². The lowest BCUT2D eigenvalue weighted by molar-refractivity contribution is -0.115. The van der Waals surface area contributed by atoms with Crippen molar-refractivity contribution in [3.63, 3.8) is 0 Å². The summed E-state index contributed by atoms with van der Waals surface area (Å²) in [6, 6.07) is 7.45. The van der Waals surface area contributed by atoms with Crippen molar-refractivity contribution in [1.82, 2.24) is 14.8 Å². The van der Waals surface area contributed by atoms with Crippen LogP contribution < -0.4 is 10.1 Å². The summed E-state index contributed by atoms with van der Waals surface area (Å²) in [6.45, 7) is 4.34. The van der Waals surface area contributed by atoms with Crippen molar-refractivity contribution in [3.05, 3.63) is 30.1 Å². The fourth-order valence-corrected chi connectivity index (χ4v) is 3.24. The number of carbonyl (C=O) groups is 1. The summed E-state index contributed by atoms with van der Waals surface area (Å²) in [5.41, 5.74) is 0.688. The number of benzene rings is 1. The Bertz CT molecular complexity index is 727. The molecule has 1 aromatic carbocycles. The number of para-hydroxylation sites is 2. The zero-order valence-electron chi connectivity index (χ0n) is 14.2. The van der Waals surface area contributed by atoms with Gasteiger partial charge in [-0.2, -0.15) is 0 Å². The summed E-state index contributed by atoms with van der Waals surface area (Å²) in [4.78, 5) is 12.5. The Kier molecular flexibility index (Phi) is 5.08. The molecule has 1 aromatic heterocycles. The summed E-state index contributed by atoms with van der Waals surface area (Å²) >= 11 is 1.42. The van der Waals surface area contributed by atoms with Gasteiger partial charge in [-0.3, -0.25) is 4.79 Å². The Morgan fingerprint density at radius 1 is 1.42 bits per heavy atom. The maximum absolute atomic E-state index is 12.5. The molecule has 1 heterocycles. The molecule has 0 spiro atoms. The van der Waals surface area contributed by atoms with Gasteiger partial charge in [-0.25, -0.2) is 0 Å². The molecule has 3 rings (SSSR count). The number of hydrogen-bond acceptors (Lipinski definition) is 5. The Labute approximate surface area is 146 Å². The summed E-state index contributed by atoms with van der Waals surface area (Å²) in [5.74, 6) is 2.16. The second-order valence-corrected chi connectivity index (χ2v) is 7.16. The minimum atomic E-state index is -0.283. The van der Waals surface area contributed by atoms with Crippen LogP contribution in [-0.4, -0.2) is 32.5 Å². The van der Waals surface area contributed by atoms with Gasteiger partial charge >= 0.3 is 0 Å². The summed E-state index contributed by atoms with van der Waals surface area (Å²) in [6.07, 6.45) is 2.36. The number of thioether (sulfide) groups is 1. The van der Waals surface area contributed by atoms with Crippen LogP contribution in [0.15, 0.2) is 29.4 Å². The molecular formula is C17H22N4O2S. The third kappa shape index (κ3) is 3.72. The van der Waals surface area contributed by atoms with E-state index in [-0.39, 0.29) is 11.2 Å². The van der Waals surface area contributed by atoms with Gasteiger partial charge in [0.2, 0.25) is 5.91 Å². The van der Waals surface area contributed by atoms with Crippen LogP contribution in [0.4, 0.5) is 5.69 Å². The highest BCUT2D eigenvalue weighted by Crippen LogP contribution is 2.39. The van der Waals surface area contributed by atoms with Crippen molar-refractivity contribution in [2.24, 2.45) is 7.05 Å². The number of ether oxygens (including phenoxy) is 1. The number of rotatable bonds is 7. The number of hydrogen-bond donors (Lipinski definition) is 1. The van der Waals surface area contributed by atoms with Gasteiger partial charge in [-0.05, 0) is 38.8 Å². The molecule has 7 heteroatoms. The lowest BCUT2D eigenvalue weighted by Gasteiger charge is -2.14. The van der Waals surface area contributed by atoms with E-state index in [9.17, 15) is 4.79 Å². The molecule has 1 aliphatic rings. The third-order valence-corrected chi connectivity index (χ3v) is 5.04. The van der Waals surface area contributed by atoms with Crippen molar-refractivity contribution in [2.45, 2.75) is 43.0 Å². The molecule has 128 valence electrons. The maximum Gasteiger partial charge on any atom is 0.237 e. The SMILES string of the molecule is CCOc1ccccc1NC(=O)[C@@H](C)Sc1nnc(C2CC2)n1C. The normalized spacial score (nSPS) is 15.1. The van der Waals surface area contributed by atoms with Crippen molar-refractivity contribution >= 4 is 23.4 Å². The van der Waals surface area contributed by atoms with Gasteiger partial charge in [0.25, 0.3) is 0 Å². The quantitative estimate of drug-likeness (QED) is 0.780. The molecule has 1 fully saturated rings. The first-order valence-corrected chi connectivity index (χ1v) is 9.06. The molecular weight excluding hydrogens is 324 g/mol. The second-order valence-electron chi connectivity index (χ2n) is 5.85. The van der Waals surface area contributed by atoms with E-state index in [2.05, 4.69) is 15.5 Å². The first-order valence-electron chi connectivity index (χ1n) is 8.18. The van der Waals surface area contributed by atoms with Crippen molar-refractivity contribution < 1.29 is 9.53 Å². The van der Waals surface area contributed by atoms with Gasteiger partial charge in [0.05, 0.1) is 17.5 Å². The molecule has 1 aliphatic carbocycles. The van der Waals surface area contributed by atoms with Crippen LogP contribution in [0, 0.1) is 0 Å². The van der Waals surface area contributed by atoms with Crippen LogP contribution in [0.1, 0.15) is 38.4 Å². The largest absolute Gasteiger partial charge is 0.492 e. The summed E-state index contributed by atoms with van der Waals surface area (Å²) < 4.78 is 7.54. The number of nitrogens with one attached hydrogen (secondary N) is 1. The van der Waals surface area contributed by atoms with Gasteiger partial charge < -0.3 is 14.6 Å². The fraction of sp³-hybridized carbons (Fsp3) is 0.471. The van der Waals surface area contributed by atoms with E-state index in [1.807, 2.05) is 49.7 Å². The Balaban J connectivity index is 1.65. The van der Waals surface area contributed by atoms with Crippen LogP contribution in [0.5, 0.6) is 5.75 Å². The van der Waals surface area contributed by atoms with Crippen molar-refractivity contribution in [2.75, 3.05) is 11.9 Å². The van der Waals surface area contributed by atoms with E-state index in [1.165, 1.54) is 24.6 Å². The average Bonchev–Trinajstić information content (AvgIpc) is 3.35. The first kappa shape index (κ1) is 16.8. The van der Waals surface area contributed by atoms with Gasteiger partial charge in [-0.15, -0.1) is 10.2 Å².